The molecule has 1 aromatic heterocycles. The summed E-state index contributed by atoms with van der Waals surface area (Å²) in [6.07, 6.45) is -3.90. The van der Waals surface area contributed by atoms with Gasteiger partial charge in [-0.25, -0.2) is 4.79 Å². The molecular weight excluding hydrogens is 401 g/mol. The highest BCUT2D eigenvalue weighted by Gasteiger charge is 2.33. The molecule has 0 saturated heterocycles. The molecule has 0 aliphatic rings. The second kappa shape index (κ2) is 9.56. The van der Waals surface area contributed by atoms with E-state index in [1.165, 1.54) is 6.92 Å². The van der Waals surface area contributed by atoms with E-state index >= 15 is 0 Å². The monoisotopic (exact) mass is 418 g/mol. The lowest BCUT2D eigenvalue weighted by Crippen LogP contribution is -2.21. The summed E-state index contributed by atoms with van der Waals surface area (Å²) < 4.78 is 56.5. The van der Waals surface area contributed by atoms with Crippen LogP contribution >= 0.6 is 11.3 Å². The van der Waals surface area contributed by atoms with Gasteiger partial charge in [-0.05, 0) is 13.0 Å². The molecule has 2 aromatic rings. The Kier molecular flexibility index (Phi) is 7.41. The molecule has 0 aliphatic carbocycles. The number of carbonyl (C=O) groups is 1. The molecule has 6 nitrogen and oxygen atoms in total. The average molecular weight is 418 g/mol. The maximum absolute atomic E-state index is 12.5. The lowest BCUT2D eigenvalue weighted by Gasteiger charge is -2.14. The second-order valence-corrected chi connectivity index (χ2v) is 6.34. The predicted molar refractivity (Wildman–Crippen MR) is 97.0 cm³/mol. The molecule has 0 radical (unpaired) electrons. The Morgan fingerprint density at radius 3 is 2.61 bits per heavy atom. The summed E-state index contributed by atoms with van der Waals surface area (Å²) in [5.41, 5.74) is 0.0850. The maximum atomic E-state index is 12.5. The van der Waals surface area contributed by atoms with Crippen LogP contribution in [0.2, 0.25) is 0 Å². The van der Waals surface area contributed by atoms with Crippen LogP contribution in [0, 0.1) is 6.92 Å². The lowest BCUT2D eigenvalue weighted by atomic mass is 10.1. The van der Waals surface area contributed by atoms with Crippen LogP contribution in [0.25, 0.3) is 10.1 Å². The van der Waals surface area contributed by atoms with Crippen molar-refractivity contribution in [1.29, 1.82) is 0 Å². The minimum Gasteiger partial charge on any atom is -0.490 e. The number of aryl methyl sites for hydroxylation is 1. The minimum atomic E-state index is -4.95. The quantitative estimate of drug-likeness (QED) is 0.352. The number of ether oxygens (including phenoxy) is 4. The number of fused-ring (bicyclic) bond motifs is 1. The van der Waals surface area contributed by atoms with Gasteiger partial charge in [0, 0.05) is 17.0 Å². The van der Waals surface area contributed by atoms with Crippen molar-refractivity contribution < 1.29 is 36.9 Å². The summed E-state index contributed by atoms with van der Waals surface area (Å²) in [5, 5.41) is 0.429. The van der Waals surface area contributed by atoms with Crippen LogP contribution in [0.15, 0.2) is 35.6 Å². The van der Waals surface area contributed by atoms with Crippen molar-refractivity contribution in [1.82, 2.24) is 0 Å². The van der Waals surface area contributed by atoms with Crippen LogP contribution in [0.3, 0.4) is 0 Å². The van der Waals surface area contributed by atoms with Gasteiger partial charge in [0.2, 0.25) is 0 Å². The zero-order chi connectivity index (χ0) is 20.7. The van der Waals surface area contributed by atoms with Gasteiger partial charge in [-0.1, -0.05) is 30.0 Å². The fourth-order valence-electron chi connectivity index (χ4n) is 2.25. The van der Waals surface area contributed by atoms with E-state index in [4.69, 9.17) is 14.2 Å². The van der Waals surface area contributed by atoms with Crippen molar-refractivity contribution in [3.05, 3.63) is 46.0 Å². The number of rotatable bonds is 9. The fraction of sp³-hybridized carbons (Fsp3) is 0.333. The van der Waals surface area contributed by atoms with E-state index in [1.54, 1.807) is 18.2 Å². The highest BCUT2D eigenvalue weighted by molar-refractivity contribution is 7.16. The Morgan fingerprint density at radius 1 is 1.21 bits per heavy atom. The largest absolute Gasteiger partial charge is 0.573 e. The Balaban J connectivity index is 2.03. The topological polar surface area (TPSA) is 71.1 Å². The van der Waals surface area contributed by atoms with Crippen molar-refractivity contribution in [2.75, 3.05) is 26.4 Å². The fourth-order valence-corrected chi connectivity index (χ4v) is 3.28. The molecule has 152 valence electrons. The third-order valence-corrected chi connectivity index (χ3v) is 4.44. The Labute approximate surface area is 162 Å². The molecule has 0 atom stereocenters. The van der Waals surface area contributed by atoms with Crippen LogP contribution in [-0.2, 0) is 14.3 Å². The number of hydrogen-bond donors (Lipinski definition) is 0. The third kappa shape index (κ3) is 5.96. The van der Waals surface area contributed by atoms with Crippen LogP contribution in [0.1, 0.15) is 5.56 Å². The molecule has 0 bridgehead atoms. The molecule has 28 heavy (non-hydrogen) atoms. The van der Waals surface area contributed by atoms with Crippen molar-refractivity contribution in [3.63, 3.8) is 0 Å². The van der Waals surface area contributed by atoms with Crippen LogP contribution in [0.4, 0.5) is 13.2 Å². The second-order valence-electron chi connectivity index (χ2n) is 5.36. The van der Waals surface area contributed by atoms with Crippen molar-refractivity contribution >= 4 is 27.4 Å². The highest BCUT2D eigenvalue weighted by Crippen LogP contribution is 2.35. The Morgan fingerprint density at radius 2 is 1.93 bits per heavy atom. The van der Waals surface area contributed by atoms with Crippen molar-refractivity contribution in [3.8, 4) is 11.5 Å². The number of halogens is 3. The normalized spacial score (nSPS) is 11.3. The molecule has 0 unspecified atom stereocenters. The molecule has 0 aliphatic heterocycles. The Bertz CT molecular complexity index is 907. The van der Waals surface area contributed by atoms with E-state index in [-0.39, 0.29) is 32.0 Å². The minimum absolute atomic E-state index is 0.0713. The van der Waals surface area contributed by atoms with Crippen LogP contribution in [-0.4, -0.2) is 38.8 Å². The number of alkyl halides is 3. The first-order valence-electron chi connectivity index (χ1n) is 8.05. The van der Waals surface area contributed by atoms with Crippen molar-refractivity contribution in [2.45, 2.75) is 13.3 Å². The number of esters is 1. The molecule has 1 aromatic carbocycles. The lowest BCUT2D eigenvalue weighted by molar-refractivity contribution is -0.275. The number of carbonyl (C=O) groups excluding carboxylic acids is 1. The maximum Gasteiger partial charge on any atom is 0.573 e. The molecular formula is C18H17F3O6S. The van der Waals surface area contributed by atoms with Gasteiger partial charge in [0.1, 0.15) is 19.0 Å². The standard InChI is InChI=1S/C18H17F3O6S/c1-3-14(22)26-10-8-24-7-9-25-13-6-4-5-12-11(2)15(27-18(19,20)21)17(23)28-16(12)13/h3-6H,1,7-10H2,2H3. The molecule has 0 saturated carbocycles. The molecule has 2 rings (SSSR count). The third-order valence-electron chi connectivity index (χ3n) is 3.45. The van der Waals surface area contributed by atoms with E-state index in [1.807, 2.05) is 0 Å². The highest BCUT2D eigenvalue weighted by atomic mass is 32.1. The van der Waals surface area contributed by atoms with Gasteiger partial charge in [-0.3, -0.25) is 4.79 Å². The number of benzene rings is 1. The molecule has 10 heteroatoms. The van der Waals surface area contributed by atoms with E-state index in [9.17, 15) is 22.8 Å². The SMILES string of the molecule is C=CC(=O)OCCOCCOc1cccc2c(C)c(OC(F)(F)F)c(=O)sc12. The first kappa shape index (κ1) is 21.7. The first-order chi connectivity index (χ1) is 13.2. The van der Waals surface area contributed by atoms with Gasteiger partial charge in [0.25, 0.3) is 4.74 Å². The summed E-state index contributed by atoms with van der Waals surface area (Å²) in [6.45, 7) is 5.21. The zero-order valence-corrected chi connectivity index (χ0v) is 15.7. The van der Waals surface area contributed by atoms with E-state index in [0.717, 1.165) is 6.08 Å². The van der Waals surface area contributed by atoms with Gasteiger partial charge in [-0.15, -0.1) is 13.2 Å². The first-order valence-corrected chi connectivity index (χ1v) is 8.86. The molecule has 0 amide bonds. The summed E-state index contributed by atoms with van der Waals surface area (Å²) >= 11 is 0.614. The summed E-state index contributed by atoms with van der Waals surface area (Å²) in [5.74, 6) is -0.933. The molecule has 0 N–H and O–H groups in total. The van der Waals surface area contributed by atoms with Gasteiger partial charge in [-0.2, -0.15) is 0 Å². The molecule has 1 heterocycles. The average Bonchev–Trinajstić information content (AvgIpc) is 2.63. The van der Waals surface area contributed by atoms with E-state index in [0.29, 0.717) is 27.2 Å². The van der Waals surface area contributed by atoms with Gasteiger partial charge in [0.05, 0.1) is 17.9 Å². The smallest absolute Gasteiger partial charge is 0.490 e. The van der Waals surface area contributed by atoms with Crippen LogP contribution < -0.4 is 14.2 Å². The summed E-state index contributed by atoms with van der Waals surface area (Å²) in [6, 6.07) is 4.80. The van der Waals surface area contributed by atoms with Crippen LogP contribution in [0.5, 0.6) is 11.5 Å². The summed E-state index contributed by atoms with van der Waals surface area (Å²) in [4.78, 5) is 22.9. The van der Waals surface area contributed by atoms with Gasteiger partial charge in [0.15, 0.2) is 5.75 Å². The Hall–Kier alpha value is -2.59. The number of hydrogen-bond acceptors (Lipinski definition) is 7. The zero-order valence-electron chi connectivity index (χ0n) is 14.8. The van der Waals surface area contributed by atoms with E-state index < -0.39 is 22.8 Å². The molecule has 0 spiro atoms. The van der Waals surface area contributed by atoms with Crippen molar-refractivity contribution in [2.24, 2.45) is 0 Å². The predicted octanol–water partition coefficient (Wildman–Crippen LogP) is 3.59. The van der Waals surface area contributed by atoms with Gasteiger partial charge < -0.3 is 18.9 Å². The molecule has 0 fully saturated rings. The summed E-state index contributed by atoms with van der Waals surface area (Å²) in [7, 11) is 0. The van der Waals surface area contributed by atoms with Gasteiger partial charge >= 0.3 is 12.3 Å². The van der Waals surface area contributed by atoms with E-state index in [2.05, 4.69) is 11.3 Å².